The monoisotopic (exact) mass is 562 g/mol. The van der Waals surface area contributed by atoms with Crippen molar-refractivity contribution in [1.29, 1.82) is 0 Å². The summed E-state index contributed by atoms with van der Waals surface area (Å²) in [6.07, 6.45) is 4.47. The van der Waals surface area contributed by atoms with Crippen molar-refractivity contribution in [2.45, 2.75) is 62.4 Å². The molecule has 7 nitrogen and oxygen atoms in total. The van der Waals surface area contributed by atoms with Gasteiger partial charge in [0.15, 0.2) is 0 Å². The van der Waals surface area contributed by atoms with Crippen LogP contribution in [0.25, 0.3) is 22.3 Å². The molecule has 3 aromatic rings. The number of nitrogens with one attached hydrogen (secondary N) is 1. The first-order valence-electron chi connectivity index (χ1n) is 14.0. The van der Waals surface area contributed by atoms with Crippen LogP contribution in [-0.4, -0.2) is 48.0 Å². The number of methoxy groups -OCH3 is 1. The Labute approximate surface area is 239 Å². The Kier molecular flexibility index (Phi) is 8.09. The molecule has 1 heterocycles. The van der Waals surface area contributed by atoms with Crippen LogP contribution in [0.1, 0.15) is 50.5 Å². The van der Waals surface area contributed by atoms with E-state index in [0.717, 1.165) is 47.9 Å². The third-order valence-corrected chi connectivity index (χ3v) is 8.48. The molecule has 216 valence electrons. The largest absolute Gasteiger partial charge is 0.453 e. The zero-order valence-electron chi connectivity index (χ0n) is 23.4. The lowest BCUT2D eigenvalue weighted by Crippen LogP contribution is -2.55. The Balaban J connectivity index is 1.29. The van der Waals surface area contributed by atoms with Crippen LogP contribution in [-0.2, 0) is 15.1 Å². The molecule has 41 heavy (non-hydrogen) atoms. The van der Waals surface area contributed by atoms with Crippen molar-refractivity contribution in [3.63, 3.8) is 0 Å². The van der Waals surface area contributed by atoms with Gasteiger partial charge in [-0.1, -0.05) is 54.6 Å². The minimum absolute atomic E-state index is 0.0936. The molecule has 2 saturated carbocycles. The zero-order valence-corrected chi connectivity index (χ0v) is 23.4. The van der Waals surface area contributed by atoms with Gasteiger partial charge in [0.2, 0.25) is 5.91 Å². The van der Waals surface area contributed by atoms with Crippen molar-refractivity contribution in [3.8, 4) is 22.3 Å². The molecule has 2 fully saturated rings. The van der Waals surface area contributed by atoms with E-state index in [9.17, 15) is 18.4 Å². The second-order valence-electron chi connectivity index (χ2n) is 11.4. The second-order valence-corrected chi connectivity index (χ2v) is 11.4. The first kappa shape index (κ1) is 28.7. The van der Waals surface area contributed by atoms with Gasteiger partial charge in [0.05, 0.1) is 12.6 Å². The van der Waals surface area contributed by atoms with Gasteiger partial charge in [0, 0.05) is 44.1 Å². The number of halogens is 2. The molecular weight excluding hydrogens is 526 g/mol. The third-order valence-electron chi connectivity index (χ3n) is 8.48. The molecule has 2 aliphatic rings. The van der Waals surface area contributed by atoms with Crippen molar-refractivity contribution in [2.24, 2.45) is 11.7 Å². The number of hydrogen-bond acceptors (Lipinski definition) is 5. The predicted octanol–water partition coefficient (Wildman–Crippen LogP) is 6.58. The molecule has 1 aromatic heterocycles. The SMILES string of the molecule is COC(=O)N(C)C1CCC(CC(=O)Nc2cc(-c3ccccc3)c(-c3ccc(C4(N)CC(F)(F)C4)cc3)cn2)CC1. The van der Waals surface area contributed by atoms with Gasteiger partial charge in [-0.25, -0.2) is 18.6 Å². The summed E-state index contributed by atoms with van der Waals surface area (Å²) in [4.78, 5) is 31.0. The van der Waals surface area contributed by atoms with E-state index < -0.39 is 11.5 Å². The summed E-state index contributed by atoms with van der Waals surface area (Å²) in [7, 11) is 3.13. The van der Waals surface area contributed by atoms with Crippen LogP contribution in [0.3, 0.4) is 0 Å². The van der Waals surface area contributed by atoms with Crippen molar-refractivity contribution < 1.29 is 23.1 Å². The van der Waals surface area contributed by atoms with E-state index in [1.165, 1.54) is 7.11 Å². The van der Waals surface area contributed by atoms with Crippen LogP contribution in [0.2, 0.25) is 0 Å². The van der Waals surface area contributed by atoms with Crippen molar-refractivity contribution >= 4 is 17.8 Å². The first-order valence-corrected chi connectivity index (χ1v) is 14.0. The average molecular weight is 563 g/mol. The number of pyridine rings is 1. The lowest BCUT2D eigenvalue weighted by atomic mass is 9.69. The molecule has 2 aliphatic carbocycles. The van der Waals surface area contributed by atoms with Gasteiger partial charge in [-0.3, -0.25) is 4.79 Å². The van der Waals surface area contributed by atoms with Crippen molar-refractivity contribution in [2.75, 3.05) is 19.5 Å². The molecule has 3 N–H and O–H groups in total. The normalized spacial score (nSPS) is 20.9. The number of aromatic nitrogens is 1. The van der Waals surface area contributed by atoms with Crippen LogP contribution >= 0.6 is 0 Å². The molecule has 9 heteroatoms. The fraction of sp³-hybridized carbons (Fsp3) is 0.406. The fourth-order valence-corrected chi connectivity index (χ4v) is 6.15. The number of nitrogens with two attached hydrogens (primary N) is 1. The number of benzene rings is 2. The maximum Gasteiger partial charge on any atom is 0.409 e. The molecule has 0 aliphatic heterocycles. The molecule has 5 rings (SSSR count). The summed E-state index contributed by atoms with van der Waals surface area (Å²) < 4.78 is 31.8. The van der Waals surface area contributed by atoms with E-state index in [-0.39, 0.29) is 36.8 Å². The van der Waals surface area contributed by atoms with Crippen LogP contribution in [0.5, 0.6) is 0 Å². The average Bonchev–Trinajstić information content (AvgIpc) is 2.96. The number of carbonyl (C=O) groups excluding carboxylic acids is 2. The molecular formula is C32H36F2N4O3. The molecule has 2 aromatic carbocycles. The van der Waals surface area contributed by atoms with Gasteiger partial charge in [-0.15, -0.1) is 0 Å². The number of rotatable bonds is 7. The molecule has 0 atom stereocenters. The molecule has 0 bridgehead atoms. The summed E-state index contributed by atoms with van der Waals surface area (Å²) in [5, 5.41) is 2.97. The summed E-state index contributed by atoms with van der Waals surface area (Å²) in [5.74, 6) is -2.10. The van der Waals surface area contributed by atoms with Crippen LogP contribution < -0.4 is 11.1 Å². The summed E-state index contributed by atoms with van der Waals surface area (Å²) in [6, 6.07) is 19.2. The smallest absolute Gasteiger partial charge is 0.409 e. The molecule has 0 radical (unpaired) electrons. The van der Waals surface area contributed by atoms with E-state index in [4.69, 9.17) is 10.5 Å². The highest BCUT2D eigenvalue weighted by Crippen LogP contribution is 2.50. The van der Waals surface area contributed by atoms with Gasteiger partial charge in [-0.05, 0) is 59.9 Å². The van der Waals surface area contributed by atoms with Gasteiger partial charge < -0.3 is 20.7 Å². The van der Waals surface area contributed by atoms with Gasteiger partial charge in [-0.2, -0.15) is 0 Å². The van der Waals surface area contributed by atoms with E-state index >= 15 is 0 Å². The van der Waals surface area contributed by atoms with Gasteiger partial charge in [0.1, 0.15) is 5.82 Å². The number of amides is 2. The quantitative estimate of drug-likeness (QED) is 0.339. The van der Waals surface area contributed by atoms with E-state index in [2.05, 4.69) is 10.3 Å². The Bertz CT molecular complexity index is 1380. The van der Waals surface area contributed by atoms with Gasteiger partial charge in [0.25, 0.3) is 5.92 Å². The Hall–Kier alpha value is -3.85. The number of hydrogen-bond donors (Lipinski definition) is 2. The molecule has 0 saturated heterocycles. The zero-order chi connectivity index (χ0) is 29.2. The highest BCUT2D eigenvalue weighted by Gasteiger charge is 2.55. The van der Waals surface area contributed by atoms with E-state index in [1.54, 1.807) is 18.1 Å². The lowest BCUT2D eigenvalue weighted by Gasteiger charge is -2.44. The van der Waals surface area contributed by atoms with Crippen LogP contribution in [0.15, 0.2) is 66.9 Å². The topological polar surface area (TPSA) is 97.5 Å². The highest BCUT2D eigenvalue weighted by atomic mass is 19.3. The predicted molar refractivity (Wildman–Crippen MR) is 154 cm³/mol. The number of alkyl halides is 2. The van der Waals surface area contributed by atoms with Gasteiger partial charge >= 0.3 is 6.09 Å². The van der Waals surface area contributed by atoms with Crippen molar-refractivity contribution in [1.82, 2.24) is 9.88 Å². The molecule has 2 amide bonds. The highest BCUT2D eigenvalue weighted by molar-refractivity contribution is 5.92. The minimum atomic E-state index is -2.71. The fourth-order valence-electron chi connectivity index (χ4n) is 6.15. The number of nitrogens with zero attached hydrogens (tertiary/aromatic N) is 2. The number of carbonyl (C=O) groups is 2. The molecule has 0 unspecified atom stereocenters. The van der Waals surface area contributed by atoms with Crippen molar-refractivity contribution in [3.05, 3.63) is 72.4 Å². The van der Waals surface area contributed by atoms with Crippen LogP contribution in [0.4, 0.5) is 19.4 Å². The summed E-state index contributed by atoms with van der Waals surface area (Å²) in [6.45, 7) is 0. The standard InChI is InChI=1S/C32H36F2N4O3/c1-38(30(40)41-2)25-14-8-21(9-15-25)16-29(39)37-28-17-26(22-6-4-3-5-7-22)27(18-36-28)23-10-12-24(13-11-23)31(35)19-32(33,34)20-31/h3-7,10-13,17-18,21,25H,8-9,14-16,19-20,35H2,1-2H3,(H,36,37,39). The summed E-state index contributed by atoms with van der Waals surface area (Å²) >= 11 is 0. The van der Waals surface area contributed by atoms with Crippen LogP contribution in [0, 0.1) is 5.92 Å². The molecule has 0 spiro atoms. The third kappa shape index (κ3) is 6.40. The summed E-state index contributed by atoms with van der Waals surface area (Å²) in [5.41, 5.74) is 9.51. The Morgan fingerprint density at radius 2 is 1.63 bits per heavy atom. The maximum absolute atomic E-state index is 13.5. The Morgan fingerprint density at radius 3 is 2.24 bits per heavy atom. The van der Waals surface area contributed by atoms with E-state index in [0.29, 0.717) is 17.8 Å². The number of anilines is 1. The number of ether oxygens (including phenoxy) is 1. The lowest BCUT2D eigenvalue weighted by molar-refractivity contribution is -0.125. The second kappa shape index (κ2) is 11.6. The maximum atomic E-state index is 13.5. The minimum Gasteiger partial charge on any atom is -0.453 e. The Morgan fingerprint density at radius 1 is 1.00 bits per heavy atom. The van der Waals surface area contributed by atoms with E-state index in [1.807, 2.05) is 60.7 Å². The first-order chi connectivity index (χ1) is 19.6.